The molecule has 0 unspecified atom stereocenters. The van der Waals surface area contributed by atoms with Crippen molar-refractivity contribution in [3.63, 3.8) is 0 Å². The zero-order valence-corrected chi connectivity index (χ0v) is 9.59. The lowest BCUT2D eigenvalue weighted by Gasteiger charge is -2.10. The van der Waals surface area contributed by atoms with Gasteiger partial charge in [0, 0.05) is 0 Å². The van der Waals surface area contributed by atoms with Crippen LogP contribution >= 0.6 is 11.6 Å². The molecule has 1 rings (SSSR count). The van der Waals surface area contributed by atoms with Gasteiger partial charge in [-0.2, -0.15) is 0 Å². The van der Waals surface area contributed by atoms with Crippen molar-refractivity contribution in [2.75, 3.05) is 14.2 Å². The summed E-state index contributed by atoms with van der Waals surface area (Å²) in [6, 6.07) is 1.44. The van der Waals surface area contributed by atoms with Gasteiger partial charge >= 0.3 is 5.97 Å². The third-order valence-corrected chi connectivity index (χ3v) is 2.15. The number of nitrogens with zero attached hydrogens (tertiary/aromatic N) is 1. The van der Waals surface area contributed by atoms with E-state index in [4.69, 9.17) is 16.3 Å². The number of hydrogen-bond donors (Lipinski definition) is 0. The lowest BCUT2D eigenvalue weighted by Crippen LogP contribution is -2.07. The number of methoxy groups -OCH3 is 2. The average molecular weight is 230 g/mol. The maximum Gasteiger partial charge on any atom is 0.341 e. The fourth-order valence-corrected chi connectivity index (χ4v) is 1.49. The van der Waals surface area contributed by atoms with Gasteiger partial charge in [0.05, 0.1) is 19.9 Å². The van der Waals surface area contributed by atoms with E-state index in [1.807, 2.05) is 6.92 Å². The minimum absolute atomic E-state index is 0.257. The Hall–Kier alpha value is -1.29. The molecular formula is C10H12ClNO3. The van der Waals surface area contributed by atoms with Crippen molar-refractivity contribution in [1.82, 2.24) is 4.98 Å². The number of carbonyl (C=O) groups excluding carboxylic acids is 1. The Morgan fingerprint density at radius 2 is 2.20 bits per heavy atom. The van der Waals surface area contributed by atoms with Crippen molar-refractivity contribution in [3.05, 3.63) is 22.5 Å². The zero-order chi connectivity index (χ0) is 11.4. The first-order valence-corrected chi connectivity index (χ1v) is 4.83. The maximum atomic E-state index is 11.4. The SMILES string of the molecule is CCc1nc(Cl)cc(C(=O)OC)c1OC. The second kappa shape index (κ2) is 4.98. The van der Waals surface area contributed by atoms with E-state index in [1.165, 1.54) is 20.3 Å². The van der Waals surface area contributed by atoms with Crippen LogP contribution in [0.2, 0.25) is 5.15 Å². The number of hydrogen-bond acceptors (Lipinski definition) is 4. The van der Waals surface area contributed by atoms with Crippen molar-refractivity contribution in [3.8, 4) is 5.75 Å². The predicted octanol–water partition coefficient (Wildman–Crippen LogP) is 2.09. The van der Waals surface area contributed by atoms with E-state index >= 15 is 0 Å². The molecule has 0 aliphatic rings. The Labute approximate surface area is 93.2 Å². The first-order valence-electron chi connectivity index (χ1n) is 4.45. The summed E-state index contributed by atoms with van der Waals surface area (Å²) in [6.45, 7) is 1.91. The van der Waals surface area contributed by atoms with Gasteiger partial charge in [-0.05, 0) is 12.5 Å². The first-order chi connectivity index (χ1) is 7.13. The van der Waals surface area contributed by atoms with Gasteiger partial charge in [-0.15, -0.1) is 0 Å². The molecule has 0 aromatic carbocycles. The molecule has 1 aromatic heterocycles. The van der Waals surface area contributed by atoms with Gasteiger partial charge in [0.2, 0.25) is 0 Å². The summed E-state index contributed by atoms with van der Waals surface area (Å²) in [4.78, 5) is 15.5. The second-order valence-electron chi connectivity index (χ2n) is 2.82. The van der Waals surface area contributed by atoms with Crippen LogP contribution in [0.3, 0.4) is 0 Å². The second-order valence-corrected chi connectivity index (χ2v) is 3.20. The lowest BCUT2D eigenvalue weighted by molar-refractivity contribution is 0.0596. The highest BCUT2D eigenvalue weighted by Crippen LogP contribution is 2.26. The molecule has 0 bridgehead atoms. The van der Waals surface area contributed by atoms with Crippen molar-refractivity contribution in [2.24, 2.45) is 0 Å². The summed E-state index contributed by atoms with van der Waals surface area (Å²) >= 11 is 5.78. The molecule has 1 heterocycles. The van der Waals surface area contributed by atoms with Crippen molar-refractivity contribution in [2.45, 2.75) is 13.3 Å². The average Bonchev–Trinajstić information content (AvgIpc) is 2.26. The Kier molecular flexibility index (Phi) is 3.91. The van der Waals surface area contributed by atoms with Crippen molar-refractivity contribution in [1.29, 1.82) is 0 Å². The minimum Gasteiger partial charge on any atom is -0.494 e. The number of aryl methyl sites for hydroxylation is 1. The molecule has 0 saturated heterocycles. The zero-order valence-electron chi connectivity index (χ0n) is 8.83. The van der Waals surface area contributed by atoms with Crippen molar-refractivity contribution < 1.29 is 14.3 Å². The fourth-order valence-electron chi connectivity index (χ4n) is 1.28. The number of ether oxygens (including phenoxy) is 2. The van der Waals surface area contributed by atoms with Gasteiger partial charge in [-0.3, -0.25) is 0 Å². The molecule has 0 fully saturated rings. The van der Waals surface area contributed by atoms with Crippen LogP contribution in [-0.2, 0) is 11.2 Å². The Morgan fingerprint density at radius 1 is 1.53 bits per heavy atom. The van der Waals surface area contributed by atoms with E-state index < -0.39 is 5.97 Å². The van der Waals surface area contributed by atoms with E-state index in [0.29, 0.717) is 23.4 Å². The molecular weight excluding hydrogens is 218 g/mol. The summed E-state index contributed by atoms with van der Waals surface area (Å²) in [5.41, 5.74) is 0.947. The first kappa shape index (κ1) is 11.8. The van der Waals surface area contributed by atoms with E-state index in [1.54, 1.807) is 0 Å². The van der Waals surface area contributed by atoms with Gasteiger partial charge in [0.25, 0.3) is 0 Å². The Balaban J connectivity index is 3.35. The molecule has 1 aromatic rings. The smallest absolute Gasteiger partial charge is 0.341 e. The molecule has 0 amide bonds. The highest BCUT2D eigenvalue weighted by atomic mass is 35.5. The molecule has 0 saturated carbocycles. The molecule has 5 heteroatoms. The van der Waals surface area contributed by atoms with E-state index in [-0.39, 0.29) is 5.15 Å². The van der Waals surface area contributed by atoms with Crippen LogP contribution in [0.4, 0.5) is 0 Å². The molecule has 82 valence electrons. The fraction of sp³-hybridized carbons (Fsp3) is 0.400. The molecule has 4 nitrogen and oxygen atoms in total. The summed E-state index contributed by atoms with van der Waals surface area (Å²) in [5.74, 6) is -0.0559. The summed E-state index contributed by atoms with van der Waals surface area (Å²) < 4.78 is 9.75. The number of pyridine rings is 1. The molecule has 0 radical (unpaired) electrons. The van der Waals surface area contributed by atoms with E-state index in [2.05, 4.69) is 9.72 Å². The minimum atomic E-state index is -0.481. The Morgan fingerprint density at radius 3 is 2.67 bits per heavy atom. The van der Waals surface area contributed by atoms with Gasteiger partial charge in [0.15, 0.2) is 5.75 Å². The van der Waals surface area contributed by atoms with Gasteiger partial charge in [0.1, 0.15) is 10.7 Å². The third kappa shape index (κ3) is 2.39. The van der Waals surface area contributed by atoms with E-state index in [0.717, 1.165) is 0 Å². The largest absolute Gasteiger partial charge is 0.494 e. The molecule has 0 aliphatic carbocycles. The normalized spacial score (nSPS) is 9.87. The summed E-state index contributed by atoms with van der Waals surface area (Å²) in [5, 5.41) is 0.257. The van der Waals surface area contributed by atoms with Crippen LogP contribution in [0, 0.1) is 0 Å². The third-order valence-electron chi connectivity index (χ3n) is 1.96. The standard InChI is InChI=1S/C10H12ClNO3/c1-4-7-9(14-2)6(10(13)15-3)5-8(11)12-7/h5H,4H2,1-3H3. The summed E-state index contributed by atoms with van der Waals surface area (Å²) in [7, 11) is 2.79. The van der Waals surface area contributed by atoms with Crippen LogP contribution < -0.4 is 4.74 Å². The highest BCUT2D eigenvalue weighted by molar-refractivity contribution is 6.29. The number of esters is 1. The molecule has 0 spiro atoms. The van der Waals surface area contributed by atoms with Gasteiger partial charge < -0.3 is 9.47 Å². The van der Waals surface area contributed by atoms with E-state index in [9.17, 15) is 4.79 Å². The monoisotopic (exact) mass is 229 g/mol. The topological polar surface area (TPSA) is 48.4 Å². The van der Waals surface area contributed by atoms with Crippen LogP contribution in [-0.4, -0.2) is 25.2 Å². The van der Waals surface area contributed by atoms with Crippen LogP contribution in [0.15, 0.2) is 6.07 Å². The van der Waals surface area contributed by atoms with Gasteiger partial charge in [-0.25, -0.2) is 9.78 Å². The Bertz CT molecular complexity index is 379. The highest BCUT2D eigenvalue weighted by Gasteiger charge is 2.18. The quantitative estimate of drug-likeness (QED) is 0.588. The maximum absolute atomic E-state index is 11.4. The number of halogens is 1. The molecule has 15 heavy (non-hydrogen) atoms. The van der Waals surface area contributed by atoms with Crippen LogP contribution in [0.1, 0.15) is 23.0 Å². The molecule has 0 aliphatic heterocycles. The van der Waals surface area contributed by atoms with Crippen LogP contribution in [0.25, 0.3) is 0 Å². The number of carbonyl (C=O) groups is 1. The lowest BCUT2D eigenvalue weighted by atomic mass is 10.1. The number of rotatable bonds is 3. The summed E-state index contributed by atoms with van der Waals surface area (Å²) in [6.07, 6.45) is 0.633. The van der Waals surface area contributed by atoms with Gasteiger partial charge in [-0.1, -0.05) is 18.5 Å². The molecule has 0 N–H and O–H groups in total. The van der Waals surface area contributed by atoms with Crippen LogP contribution in [0.5, 0.6) is 5.75 Å². The number of aromatic nitrogens is 1. The van der Waals surface area contributed by atoms with Crippen molar-refractivity contribution >= 4 is 17.6 Å². The predicted molar refractivity (Wildman–Crippen MR) is 56.5 cm³/mol. The molecule has 0 atom stereocenters.